The lowest BCUT2D eigenvalue weighted by Gasteiger charge is -2.43. The Labute approximate surface area is 112 Å². The Morgan fingerprint density at radius 3 is 3.06 bits per heavy atom. The molecule has 1 aromatic rings. The van der Waals surface area contributed by atoms with Gasteiger partial charge in [-0.15, -0.1) is 0 Å². The molecule has 0 spiro atoms. The SMILES string of the molecule is Fc1ccc([C@H]2CC[C@@H]3CNCCN3C2)cc1Cl. The number of halogens is 2. The molecule has 4 heteroatoms. The maximum absolute atomic E-state index is 13.2. The van der Waals surface area contributed by atoms with E-state index in [1.54, 1.807) is 6.07 Å². The van der Waals surface area contributed by atoms with Gasteiger partial charge >= 0.3 is 0 Å². The first-order chi connectivity index (χ1) is 8.74. The third kappa shape index (κ3) is 2.40. The summed E-state index contributed by atoms with van der Waals surface area (Å²) in [5.74, 6) is 0.175. The van der Waals surface area contributed by atoms with E-state index in [0.29, 0.717) is 12.0 Å². The van der Waals surface area contributed by atoms with Crippen LogP contribution < -0.4 is 5.32 Å². The van der Waals surface area contributed by atoms with E-state index in [2.05, 4.69) is 10.2 Å². The van der Waals surface area contributed by atoms with Gasteiger partial charge in [0.25, 0.3) is 0 Å². The first-order valence-electron chi connectivity index (χ1n) is 6.64. The topological polar surface area (TPSA) is 15.3 Å². The number of nitrogens with zero attached hydrogens (tertiary/aromatic N) is 1. The van der Waals surface area contributed by atoms with E-state index in [1.807, 2.05) is 6.07 Å². The minimum absolute atomic E-state index is 0.245. The standard InChI is InChI=1S/C14H18ClFN2/c15-13-7-10(2-4-14(13)16)11-1-3-12-8-17-5-6-18(12)9-11/h2,4,7,11-12,17H,1,3,5-6,8-9H2/t11-,12+/m0/s1. The number of piperidine rings is 1. The van der Waals surface area contributed by atoms with Crippen LogP contribution in [0.2, 0.25) is 5.02 Å². The lowest BCUT2D eigenvalue weighted by Crippen LogP contribution is -2.54. The fourth-order valence-electron chi connectivity index (χ4n) is 3.13. The summed E-state index contributed by atoms with van der Waals surface area (Å²) < 4.78 is 13.2. The van der Waals surface area contributed by atoms with Crippen LogP contribution in [0.25, 0.3) is 0 Å². The highest BCUT2D eigenvalue weighted by molar-refractivity contribution is 6.30. The summed E-state index contributed by atoms with van der Waals surface area (Å²) in [4.78, 5) is 2.56. The van der Waals surface area contributed by atoms with Gasteiger partial charge in [0.05, 0.1) is 5.02 Å². The van der Waals surface area contributed by atoms with Crippen LogP contribution >= 0.6 is 11.6 Å². The number of piperazine rings is 1. The molecule has 2 nitrogen and oxygen atoms in total. The molecule has 2 atom stereocenters. The molecular weight excluding hydrogens is 251 g/mol. The van der Waals surface area contributed by atoms with Gasteiger partial charge in [-0.3, -0.25) is 4.90 Å². The van der Waals surface area contributed by atoms with Gasteiger partial charge in [0, 0.05) is 32.2 Å². The van der Waals surface area contributed by atoms with E-state index in [-0.39, 0.29) is 10.8 Å². The van der Waals surface area contributed by atoms with Crippen molar-refractivity contribution in [3.63, 3.8) is 0 Å². The van der Waals surface area contributed by atoms with Crippen molar-refractivity contribution in [3.05, 3.63) is 34.6 Å². The average Bonchev–Trinajstić information content (AvgIpc) is 2.41. The Morgan fingerprint density at radius 2 is 2.22 bits per heavy atom. The molecule has 0 amide bonds. The van der Waals surface area contributed by atoms with Crippen molar-refractivity contribution in [2.45, 2.75) is 24.8 Å². The predicted molar refractivity (Wildman–Crippen MR) is 71.6 cm³/mol. The fourth-order valence-corrected chi connectivity index (χ4v) is 3.32. The molecule has 1 N–H and O–H groups in total. The van der Waals surface area contributed by atoms with Crippen molar-refractivity contribution < 1.29 is 4.39 Å². The molecule has 2 saturated heterocycles. The van der Waals surface area contributed by atoms with E-state index < -0.39 is 0 Å². The van der Waals surface area contributed by atoms with Crippen LogP contribution in [0, 0.1) is 5.82 Å². The minimum atomic E-state index is -0.323. The fraction of sp³-hybridized carbons (Fsp3) is 0.571. The molecule has 1 aromatic carbocycles. The summed E-state index contributed by atoms with van der Waals surface area (Å²) in [6, 6.07) is 5.85. The quantitative estimate of drug-likeness (QED) is 0.842. The van der Waals surface area contributed by atoms with Crippen molar-refractivity contribution >= 4 is 11.6 Å². The smallest absolute Gasteiger partial charge is 0.141 e. The number of fused-ring (bicyclic) bond motifs is 1. The number of benzene rings is 1. The molecule has 0 unspecified atom stereocenters. The summed E-state index contributed by atoms with van der Waals surface area (Å²) >= 11 is 5.87. The Balaban J connectivity index is 1.75. The lowest BCUT2D eigenvalue weighted by molar-refractivity contribution is 0.107. The molecule has 0 aromatic heterocycles. The maximum atomic E-state index is 13.2. The van der Waals surface area contributed by atoms with Gasteiger partial charge in [0.2, 0.25) is 0 Å². The number of rotatable bonds is 1. The molecule has 2 aliphatic rings. The van der Waals surface area contributed by atoms with Gasteiger partial charge in [-0.05, 0) is 36.5 Å². The first-order valence-corrected chi connectivity index (χ1v) is 7.01. The third-order valence-electron chi connectivity index (χ3n) is 4.19. The van der Waals surface area contributed by atoms with Crippen LogP contribution in [-0.2, 0) is 0 Å². The molecule has 0 saturated carbocycles. The lowest BCUT2D eigenvalue weighted by atomic mass is 9.86. The highest BCUT2D eigenvalue weighted by Gasteiger charge is 2.30. The number of hydrogen-bond donors (Lipinski definition) is 1. The van der Waals surface area contributed by atoms with Gasteiger partial charge in [-0.2, -0.15) is 0 Å². The summed E-state index contributed by atoms with van der Waals surface area (Å²) in [6.07, 6.45) is 2.39. The molecule has 0 radical (unpaired) electrons. The van der Waals surface area contributed by atoms with Gasteiger partial charge in [0.1, 0.15) is 5.82 Å². The zero-order chi connectivity index (χ0) is 12.5. The van der Waals surface area contributed by atoms with Crippen LogP contribution in [0.5, 0.6) is 0 Å². The highest BCUT2D eigenvalue weighted by Crippen LogP contribution is 2.32. The van der Waals surface area contributed by atoms with Gasteiger partial charge < -0.3 is 5.32 Å². The number of nitrogens with one attached hydrogen (secondary N) is 1. The van der Waals surface area contributed by atoms with E-state index in [0.717, 1.165) is 26.2 Å². The largest absolute Gasteiger partial charge is 0.314 e. The monoisotopic (exact) mass is 268 g/mol. The Bertz CT molecular complexity index is 438. The summed E-state index contributed by atoms with van der Waals surface area (Å²) in [5, 5.41) is 3.69. The zero-order valence-corrected chi connectivity index (χ0v) is 11.1. The Morgan fingerprint density at radius 1 is 1.33 bits per heavy atom. The highest BCUT2D eigenvalue weighted by atomic mass is 35.5. The van der Waals surface area contributed by atoms with E-state index in [1.165, 1.54) is 24.5 Å². The molecule has 2 heterocycles. The second kappa shape index (κ2) is 5.16. The van der Waals surface area contributed by atoms with Crippen LogP contribution in [-0.4, -0.2) is 37.1 Å². The molecule has 0 aliphatic carbocycles. The van der Waals surface area contributed by atoms with Gasteiger partial charge in [-0.25, -0.2) is 4.39 Å². The van der Waals surface area contributed by atoms with E-state index >= 15 is 0 Å². The molecule has 98 valence electrons. The third-order valence-corrected chi connectivity index (χ3v) is 4.48. The van der Waals surface area contributed by atoms with Crippen molar-refractivity contribution in [1.82, 2.24) is 10.2 Å². The molecular formula is C14H18ClFN2. The summed E-state index contributed by atoms with van der Waals surface area (Å²) in [5.41, 5.74) is 1.18. The van der Waals surface area contributed by atoms with Crippen LogP contribution in [0.1, 0.15) is 24.3 Å². The first kappa shape index (κ1) is 12.4. The second-order valence-corrected chi connectivity index (χ2v) is 5.71. The van der Waals surface area contributed by atoms with Crippen molar-refractivity contribution in [2.75, 3.05) is 26.2 Å². The van der Waals surface area contributed by atoms with Gasteiger partial charge in [0.15, 0.2) is 0 Å². The van der Waals surface area contributed by atoms with Gasteiger partial charge in [-0.1, -0.05) is 17.7 Å². The Hall–Kier alpha value is -0.640. The second-order valence-electron chi connectivity index (χ2n) is 5.30. The maximum Gasteiger partial charge on any atom is 0.141 e. The van der Waals surface area contributed by atoms with E-state index in [4.69, 9.17) is 11.6 Å². The minimum Gasteiger partial charge on any atom is -0.314 e. The van der Waals surface area contributed by atoms with Crippen molar-refractivity contribution in [1.29, 1.82) is 0 Å². The summed E-state index contributed by atoms with van der Waals surface area (Å²) in [7, 11) is 0. The summed E-state index contributed by atoms with van der Waals surface area (Å²) in [6.45, 7) is 4.38. The molecule has 18 heavy (non-hydrogen) atoms. The average molecular weight is 269 g/mol. The van der Waals surface area contributed by atoms with Crippen LogP contribution in [0.3, 0.4) is 0 Å². The van der Waals surface area contributed by atoms with Crippen molar-refractivity contribution in [3.8, 4) is 0 Å². The molecule has 0 bridgehead atoms. The molecule has 2 fully saturated rings. The predicted octanol–water partition coefficient (Wildman–Crippen LogP) is 2.63. The zero-order valence-electron chi connectivity index (χ0n) is 10.3. The van der Waals surface area contributed by atoms with E-state index in [9.17, 15) is 4.39 Å². The number of hydrogen-bond acceptors (Lipinski definition) is 2. The van der Waals surface area contributed by atoms with Crippen LogP contribution in [0.15, 0.2) is 18.2 Å². The molecule has 2 aliphatic heterocycles. The molecule has 3 rings (SSSR count). The van der Waals surface area contributed by atoms with Crippen molar-refractivity contribution in [2.24, 2.45) is 0 Å². The Kier molecular flexibility index (Phi) is 3.55. The normalized spacial score (nSPS) is 29.0. The van der Waals surface area contributed by atoms with Crippen LogP contribution in [0.4, 0.5) is 4.39 Å².